The average molecular weight is 320 g/mol. The van der Waals surface area contributed by atoms with Crippen molar-refractivity contribution >= 4 is 16.8 Å². The molecule has 0 saturated heterocycles. The normalized spacial score (nSPS) is 13.8. The molecule has 6 nitrogen and oxygen atoms in total. The molecule has 0 spiro atoms. The summed E-state index contributed by atoms with van der Waals surface area (Å²) in [6.45, 7) is 1.15. The first-order chi connectivity index (χ1) is 11.7. The van der Waals surface area contributed by atoms with Crippen molar-refractivity contribution in [2.24, 2.45) is 0 Å². The first-order valence-electron chi connectivity index (χ1n) is 7.89. The Morgan fingerprint density at radius 3 is 2.67 bits per heavy atom. The standard InChI is InChI=1S/C18H16N4O2/c23-17(21-10-9-13-5-1-2-6-14(13)11-21)12-22-18(24)15-7-3-4-8-16(15)19-20-22/h1-8H,9-12H2. The van der Waals surface area contributed by atoms with Crippen LogP contribution in [0.3, 0.4) is 0 Å². The fourth-order valence-corrected chi connectivity index (χ4v) is 3.06. The van der Waals surface area contributed by atoms with Gasteiger partial charge in [-0.25, -0.2) is 4.68 Å². The van der Waals surface area contributed by atoms with Crippen molar-refractivity contribution in [3.63, 3.8) is 0 Å². The van der Waals surface area contributed by atoms with Gasteiger partial charge in [0.15, 0.2) is 0 Å². The highest BCUT2D eigenvalue weighted by Crippen LogP contribution is 2.18. The van der Waals surface area contributed by atoms with Crippen LogP contribution in [-0.4, -0.2) is 32.3 Å². The Morgan fingerprint density at radius 1 is 1.04 bits per heavy atom. The molecular formula is C18H16N4O2. The van der Waals surface area contributed by atoms with Gasteiger partial charge < -0.3 is 4.90 Å². The molecule has 4 rings (SSSR count). The lowest BCUT2D eigenvalue weighted by atomic mass is 10.00. The van der Waals surface area contributed by atoms with Gasteiger partial charge in [0, 0.05) is 13.1 Å². The van der Waals surface area contributed by atoms with E-state index in [2.05, 4.69) is 16.4 Å². The van der Waals surface area contributed by atoms with Gasteiger partial charge in [0.2, 0.25) is 5.91 Å². The van der Waals surface area contributed by atoms with Crippen LogP contribution in [0.15, 0.2) is 53.3 Å². The predicted molar refractivity (Wildman–Crippen MR) is 89.4 cm³/mol. The van der Waals surface area contributed by atoms with Gasteiger partial charge in [-0.05, 0) is 29.7 Å². The Bertz CT molecular complexity index is 980. The monoisotopic (exact) mass is 320 g/mol. The molecular weight excluding hydrogens is 304 g/mol. The Labute approximate surface area is 138 Å². The third kappa shape index (κ3) is 2.56. The van der Waals surface area contributed by atoms with E-state index < -0.39 is 0 Å². The third-order valence-corrected chi connectivity index (χ3v) is 4.40. The van der Waals surface area contributed by atoms with Gasteiger partial charge in [0.25, 0.3) is 5.56 Å². The topological polar surface area (TPSA) is 68.1 Å². The Kier molecular flexibility index (Phi) is 3.57. The van der Waals surface area contributed by atoms with Gasteiger partial charge in [-0.1, -0.05) is 41.6 Å². The van der Waals surface area contributed by atoms with Gasteiger partial charge in [-0.15, -0.1) is 5.10 Å². The summed E-state index contributed by atoms with van der Waals surface area (Å²) in [4.78, 5) is 26.8. The first-order valence-corrected chi connectivity index (χ1v) is 7.89. The minimum absolute atomic E-state index is 0.0845. The molecule has 1 amide bonds. The van der Waals surface area contributed by atoms with Crippen LogP contribution in [0.25, 0.3) is 10.9 Å². The van der Waals surface area contributed by atoms with E-state index in [-0.39, 0.29) is 18.0 Å². The highest BCUT2D eigenvalue weighted by Gasteiger charge is 2.21. The number of amides is 1. The molecule has 0 aliphatic carbocycles. The molecule has 0 radical (unpaired) electrons. The van der Waals surface area contributed by atoms with Crippen LogP contribution in [-0.2, 0) is 24.3 Å². The predicted octanol–water partition coefficient (Wildman–Crippen LogP) is 1.38. The summed E-state index contributed by atoms with van der Waals surface area (Å²) >= 11 is 0. The average Bonchev–Trinajstić information content (AvgIpc) is 2.64. The van der Waals surface area contributed by atoms with Crippen LogP contribution in [0.2, 0.25) is 0 Å². The quantitative estimate of drug-likeness (QED) is 0.715. The van der Waals surface area contributed by atoms with E-state index in [9.17, 15) is 9.59 Å². The van der Waals surface area contributed by atoms with E-state index in [1.54, 1.807) is 29.2 Å². The highest BCUT2D eigenvalue weighted by molar-refractivity contribution is 5.78. The number of hydrogen-bond acceptors (Lipinski definition) is 4. The number of fused-ring (bicyclic) bond motifs is 2. The summed E-state index contributed by atoms with van der Waals surface area (Å²) in [6.07, 6.45) is 0.834. The molecule has 2 aromatic carbocycles. The number of rotatable bonds is 2. The highest BCUT2D eigenvalue weighted by atomic mass is 16.2. The molecule has 24 heavy (non-hydrogen) atoms. The first kappa shape index (κ1) is 14.6. The number of carbonyl (C=O) groups is 1. The zero-order chi connectivity index (χ0) is 16.5. The molecule has 0 atom stereocenters. The fraction of sp³-hybridized carbons (Fsp3) is 0.222. The SMILES string of the molecule is O=C(Cn1nnc2ccccc2c1=O)N1CCc2ccccc2C1. The molecule has 1 aliphatic heterocycles. The van der Waals surface area contributed by atoms with Crippen LogP contribution >= 0.6 is 0 Å². The van der Waals surface area contributed by atoms with Crippen molar-refractivity contribution in [1.82, 2.24) is 19.9 Å². The summed E-state index contributed by atoms with van der Waals surface area (Å²) < 4.78 is 1.14. The van der Waals surface area contributed by atoms with Gasteiger partial charge in [0.05, 0.1) is 5.39 Å². The van der Waals surface area contributed by atoms with Crippen molar-refractivity contribution < 1.29 is 4.79 Å². The van der Waals surface area contributed by atoms with Crippen LogP contribution in [0.4, 0.5) is 0 Å². The summed E-state index contributed by atoms with van der Waals surface area (Å²) in [5.41, 5.74) is 2.70. The number of benzene rings is 2. The van der Waals surface area contributed by atoms with Crippen LogP contribution < -0.4 is 5.56 Å². The van der Waals surface area contributed by atoms with Gasteiger partial charge in [-0.3, -0.25) is 9.59 Å². The van der Waals surface area contributed by atoms with Gasteiger partial charge >= 0.3 is 0 Å². The lowest BCUT2D eigenvalue weighted by molar-refractivity contribution is -0.133. The van der Waals surface area contributed by atoms with E-state index in [0.717, 1.165) is 16.7 Å². The maximum atomic E-state index is 12.6. The van der Waals surface area contributed by atoms with Crippen molar-refractivity contribution in [3.8, 4) is 0 Å². The second kappa shape index (κ2) is 5.88. The molecule has 6 heteroatoms. The second-order valence-corrected chi connectivity index (χ2v) is 5.90. The Morgan fingerprint density at radius 2 is 1.79 bits per heavy atom. The zero-order valence-corrected chi connectivity index (χ0v) is 13.1. The number of carbonyl (C=O) groups excluding carboxylic acids is 1. The fourth-order valence-electron chi connectivity index (χ4n) is 3.06. The Hall–Kier alpha value is -3.02. The molecule has 0 fully saturated rings. The maximum absolute atomic E-state index is 12.6. The van der Waals surface area contributed by atoms with E-state index in [1.165, 1.54) is 5.56 Å². The van der Waals surface area contributed by atoms with Crippen molar-refractivity contribution in [1.29, 1.82) is 0 Å². The molecule has 120 valence electrons. The molecule has 2 heterocycles. The maximum Gasteiger partial charge on any atom is 0.278 e. The molecule has 3 aromatic rings. The van der Waals surface area contributed by atoms with Gasteiger partial charge in [0.1, 0.15) is 12.1 Å². The summed E-state index contributed by atoms with van der Waals surface area (Å²) in [7, 11) is 0. The Balaban J connectivity index is 1.57. The third-order valence-electron chi connectivity index (χ3n) is 4.40. The van der Waals surface area contributed by atoms with E-state index in [4.69, 9.17) is 0 Å². The molecule has 0 unspecified atom stereocenters. The summed E-state index contributed by atoms with van der Waals surface area (Å²) in [6, 6.07) is 15.1. The largest absolute Gasteiger partial charge is 0.336 e. The molecule has 1 aromatic heterocycles. The smallest absolute Gasteiger partial charge is 0.278 e. The second-order valence-electron chi connectivity index (χ2n) is 5.90. The van der Waals surface area contributed by atoms with Crippen LogP contribution in [0.1, 0.15) is 11.1 Å². The van der Waals surface area contributed by atoms with Crippen LogP contribution in [0.5, 0.6) is 0 Å². The number of aromatic nitrogens is 3. The minimum atomic E-state index is -0.286. The summed E-state index contributed by atoms with van der Waals surface area (Å²) in [5.74, 6) is -0.115. The number of hydrogen-bond donors (Lipinski definition) is 0. The van der Waals surface area contributed by atoms with Gasteiger partial charge in [-0.2, -0.15) is 0 Å². The number of nitrogens with zero attached hydrogens (tertiary/aromatic N) is 4. The molecule has 0 bridgehead atoms. The van der Waals surface area contributed by atoms with Crippen molar-refractivity contribution in [2.45, 2.75) is 19.5 Å². The zero-order valence-electron chi connectivity index (χ0n) is 13.1. The lowest BCUT2D eigenvalue weighted by Gasteiger charge is -2.28. The molecule has 0 N–H and O–H groups in total. The van der Waals surface area contributed by atoms with E-state index in [0.29, 0.717) is 24.0 Å². The summed E-state index contributed by atoms with van der Waals surface area (Å²) in [5, 5.41) is 8.39. The molecule has 1 aliphatic rings. The van der Waals surface area contributed by atoms with Crippen LogP contribution in [0, 0.1) is 0 Å². The van der Waals surface area contributed by atoms with E-state index in [1.807, 2.05) is 18.2 Å². The minimum Gasteiger partial charge on any atom is -0.336 e. The van der Waals surface area contributed by atoms with Crippen molar-refractivity contribution in [2.75, 3.05) is 6.54 Å². The van der Waals surface area contributed by atoms with Crippen molar-refractivity contribution in [3.05, 3.63) is 70.0 Å². The molecule has 0 saturated carbocycles. The van der Waals surface area contributed by atoms with E-state index >= 15 is 0 Å². The lowest BCUT2D eigenvalue weighted by Crippen LogP contribution is -2.40.